The molecule has 90 valence electrons. The Morgan fingerprint density at radius 3 is 2.31 bits per heavy atom. The Balaban J connectivity index is 3.10. The molecule has 0 aliphatic heterocycles. The Labute approximate surface area is 87.8 Å². The molecular formula is C9H8F5NO. The minimum Gasteiger partial charge on any atom is -0.405 e. The first-order valence-electron chi connectivity index (χ1n) is 4.20. The van der Waals surface area contributed by atoms with Gasteiger partial charge in [0.1, 0.15) is 5.75 Å². The largest absolute Gasteiger partial charge is 0.573 e. The highest BCUT2D eigenvalue weighted by molar-refractivity contribution is 5.38. The number of hydrogen-bond donors (Lipinski definition) is 1. The molecule has 2 N–H and O–H groups in total. The van der Waals surface area contributed by atoms with Crippen LogP contribution in [0.15, 0.2) is 18.2 Å². The van der Waals surface area contributed by atoms with E-state index in [1.54, 1.807) is 0 Å². The molecule has 0 amide bonds. The zero-order valence-electron chi connectivity index (χ0n) is 7.89. The third kappa shape index (κ3) is 3.34. The van der Waals surface area contributed by atoms with Crippen molar-refractivity contribution in [2.75, 3.05) is 0 Å². The van der Waals surface area contributed by atoms with Crippen LogP contribution < -0.4 is 10.5 Å². The first-order chi connectivity index (χ1) is 7.33. The molecule has 0 saturated heterocycles. The summed E-state index contributed by atoms with van der Waals surface area (Å²) in [6.07, 6.45) is -8.04. The second-order valence-corrected chi connectivity index (χ2v) is 2.92. The SMILES string of the molecule is NCc1ccc(C(F)F)c(OC(F)(F)F)c1. The fourth-order valence-electron chi connectivity index (χ4n) is 1.10. The monoisotopic (exact) mass is 241 g/mol. The van der Waals surface area contributed by atoms with Gasteiger partial charge in [-0.1, -0.05) is 6.07 Å². The molecule has 0 atom stereocenters. The van der Waals surface area contributed by atoms with Crippen LogP contribution in [0.5, 0.6) is 5.75 Å². The second kappa shape index (κ2) is 4.65. The van der Waals surface area contributed by atoms with Gasteiger partial charge in [0.25, 0.3) is 6.43 Å². The maximum atomic E-state index is 12.4. The standard InChI is InChI=1S/C9H8F5NO/c10-8(11)6-2-1-5(4-15)3-7(6)16-9(12,13)14/h1-3,8H,4,15H2. The molecule has 0 spiro atoms. The summed E-state index contributed by atoms with van der Waals surface area (Å²) in [4.78, 5) is 0. The molecule has 0 bridgehead atoms. The second-order valence-electron chi connectivity index (χ2n) is 2.92. The number of benzene rings is 1. The maximum Gasteiger partial charge on any atom is 0.573 e. The predicted molar refractivity (Wildman–Crippen MR) is 46.0 cm³/mol. The molecule has 0 heterocycles. The van der Waals surface area contributed by atoms with E-state index in [1.165, 1.54) is 6.07 Å². The average molecular weight is 241 g/mol. The van der Waals surface area contributed by atoms with E-state index in [-0.39, 0.29) is 12.1 Å². The molecule has 1 rings (SSSR count). The molecule has 0 aliphatic carbocycles. The summed E-state index contributed by atoms with van der Waals surface area (Å²) < 4.78 is 64.0. The van der Waals surface area contributed by atoms with Gasteiger partial charge < -0.3 is 10.5 Å². The van der Waals surface area contributed by atoms with Crippen LogP contribution >= 0.6 is 0 Å². The Morgan fingerprint density at radius 1 is 1.25 bits per heavy atom. The van der Waals surface area contributed by atoms with Crippen molar-refractivity contribution in [1.82, 2.24) is 0 Å². The molecule has 0 aliphatic rings. The van der Waals surface area contributed by atoms with Crippen molar-refractivity contribution in [3.63, 3.8) is 0 Å². The molecule has 1 aromatic rings. The zero-order valence-corrected chi connectivity index (χ0v) is 7.89. The predicted octanol–water partition coefficient (Wildman–Crippen LogP) is 2.98. The van der Waals surface area contributed by atoms with E-state index < -0.39 is 24.1 Å². The molecule has 16 heavy (non-hydrogen) atoms. The number of alkyl halides is 5. The van der Waals surface area contributed by atoms with E-state index in [1.807, 2.05) is 0 Å². The molecular weight excluding hydrogens is 233 g/mol. The minimum atomic E-state index is -5.00. The number of rotatable bonds is 3. The van der Waals surface area contributed by atoms with E-state index in [4.69, 9.17) is 5.73 Å². The minimum absolute atomic E-state index is 0.0578. The number of hydrogen-bond acceptors (Lipinski definition) is 2. The fourth-order valence-corrected chi connectivity index (χ4v) is 1.10. The molecule has 0 fully saturated rings. The van der Waals surface area contributed by atoms with Gasteiger partial charge in [0.15, 0.2) is 0 Å². The molecule has 0 saturated carbocycles. The summed E-state index contributed by atoms with van der Waals surface area (Å²) in [5.41, 5.74) is 4.65. The van der Waals surface area contributed by atoms with Crippen LogP contribution in [0.4, 0.5) is 22.0 Å². The Hall–Kier alpha value is -1.37. The summed E-state index contributed by atoms with van der Waals surface area (Å²) in [6, 6.07) is 2.95. The van der Waals surface area contributed by atoms with Gasteiger partial charge in [0.2, 0.25) is 0 Å². The van der Waals surface area contributed by atoms with Gasteiger partial charge in [-0.15, -0.1) is 13.2 Å². The third-order valence-electron chi connectivity index (χ3n) is 1.77. The highest BCUT2D eigenvalue weighted by atomic mass is 19.4. The summed E-state index contributed by atoms with van der Waals surface area (Å²) in [5, 5.41) is 0. The molecule has 0 unspecified atom stereocenters. The van der Waals surface area contributed by atoms with Crippen molar-refractivity contribution in [1.29, 1.82) is 0 Å². The van der Waals surface area contributed by atoms with Gasteiger partial charge in [0.05, 0.1) is 5.56 Å². The van der Waals surface area contributed by atoms with Gasteiger partial charge in [-0.2, -0.15) is 0 Å². The lowest BCUT2D eigenvalue weighted by Crippen LogP contribution is -2.18. The van der Waals surface area contributed by atoms with Crippen LogP contribution in [-0.2, 0) is 6.54 Å². The third-order valence-corrected chi connectivity index (χ3v) is 1.77. The molecule has 7 heteroatoms. The Morgan fingerprint density at radius 2 is 1.88 bits per heavy atom. The van der Waals surface area contributed by atoms with Crippen molar-refractivity contribution in [3.05, 3.63) is 29.3 Å². The van der Waals surface area contributed by atoms with E-state index >= 15 is 0 Å². The lowest BCUT2D eigenvalue weighted by Gasteiger charge is -2.13. The van der Waals surface area contributed by atoms with Crippen LogP contribution in [0.1, 0.15) is 17.6 Å². The van der Waals surface area contributed by atoms with E-state index in [2.05, 4.69) is 4.74 Å². The summed E-state index contributed by atoms with van der Waals surface area (Å²) in [6.45, 7) is -0.0578. The highest BCUT2D eigenvalue weighted by Gasteiger charge is 2.33. The average Bonchev–Trinajstić information content (AvgIpc) is 2.14. The van der Waals surface area contributed by atoms with Crippen LogP contribution in [-0.4, -0.2) is 6.36 Å². The zero-order chi connectivity index (χ0) is 12.3. The lowest BCUT2D eigenvalue weighted by atomic mass is 10.1. The summed E-state index contributed by atoms with van der Waals surface area (Å²) >= 11 is 0. The van der Waals surface area contributed by atoms with Crippen molar-refractivity contribution in [2.24, 2.45) is 5.73 Å². The summed E-state index contributed by atoms with van der Waals surface area (Å²) in [5.74, 6) is -0.912. The van der Waals surface area contributed by atoms with Gasteiger partial charge in [-0.05, 0) is 17.7 Å². The van der Waals surface area contributed by atoms with Crippen molar-refractivity contribution in [3.8, 4) is 5.75 Å². The molecule has 0 aromatic heterocycles. The Kier molecular flexibility index (Phi) is 3.69. The fraction of sp³-hybridized carbons (Fsp3) is 0.333. The van der Waals surface area contributed by atoms with Crippen molar-refractivity contribution >= 4 is 0 Å². The van der Waals surface area contributed by atoms with E-state index in [0.717, 1.165) is 12.1 Å². The highest BCUT2D eigenvalue weighted by Crippen LogP contribution is 2.33. The van der Waals surface area contributed by atoms with Gasteiger partial charge in [-0.25, -0.2) is 8.78 Å². The maximum absolute atomic E-state index is 12.4. The number of nitrogens with two attached hydrogens (primary N) is 1. The topological polar surface area (TPSA) is 35.2 Å². The van der Waals surface area contributed by atoms with Crippen LogP contribution in [0.2, 0.25) is 0 Å². The van der Waals surface area contributed by atoms with Gasteiger partial charge in [0, 0.05) is 6.54 Å². The molecule has 1 aromatic carbocycles. The lowest BCUT2D eigenvalue weighted by molar-refractivity contribution is -0.275. The van der Waals surface area contributed by atoms with Gasteiger partial charge >= 0.3 is 6.36 Å². The van der Waals surface area contributed by atoms with E-state index in [9.17, 15) is 22.0 Å². The van der Waals surface area contributed by atoms with Crippen molar-refractivity contribution < 1.29 is 26.7 Å². The van der Waals surface area contributed by atoms with Crippen molar-refractivity contribution in [2.45, 2.75) is 19.3 Å². The smallest absolute Gasteiger partial charge is 0.405 e. The number of halogens is 5. The first kappa shape index (κ1) is 12.7. The van der Waals surface area contributed by atoms with Gasteiger partial charge in [-0.3, -0.25) is 0 Å². The van der Waals surface area contributed by atoms with Crippen LogP contribution in [0.3, 0.4) is 0 Å². The van der Waals surface area contributed by atoms with Crippen LogP contribution in [0, 0.1) is 0 Å². The van der Waals surface area contributed by atoms with Crippen LogP contribution in [0.25, 0.3) is 0 Å². The molecule has 0 radical (unpaired) electrons. The van der Waals surface area contributed by atoms with E-state index in [0.29, 0.717) is 0 Å². The number of ether oxygens (including phenoxy) is 1. The quantitative estimate of drug-likeness (QED) is 0.825. The Bertz CT molecular complexity index is 363. The normalized spacial score (nSPS) is 11.9. The molecule has 2 nitrogen and oxygen atoms in total. The summed E-state index contributed by atoms with van der Waals surface area (Å²) in [7, 11) is 0. The first-order valence-corrected chi connectivity index (χ1v) is 4.20.